The number of benzene rings is 4. The summed E-state index contributed by atoms with van der Waals surface area (Å²) in [6, 6.07) is 33.3. The van der Waals surface area contributed by atoms with Crippen LogP contribution in [0.3, 0.4) is 0 Å². The third-order valence-corrected chi connectivity index (χ3v) is 7.27. The summed E-state index contributed by atoms with van der Waals surface area (Å²) in [4.78, 5) is 19.7. The predicted molar refractivity (Wildman–Crippen MR) is 156 cm³/mol. The molecule has 1 amide bonds. The van der Waals surface area contributed by atoms with Crippen molar-refractivity contribution in [3.8, 4) is 16.9 Å². The molecule has 0 aliphatic carbocycles. The van der Waals surface area contributed by atoms with Crippen LogP contribution in [-0.4, -0.2) is 50.6 Å². The third kappa shape index (κ3) is 6.77. The van der Waals surface area contributed by atoms with Gasteiger partial charge in [0.25, 0.3) is 0 Å². The molecule has 1 saturated heterocycles. The summed E-state index contributed by atoms with van der Waals surface area (Å²) in [7, 11) is 1.67. The highest BCUT2D eigenvalue weighted by molar-refractivity contribution is 5.77. The van der Waals surface area contributed by atoms with E-state index >= 15 is 0 Å². The molecule has 0 spiro atoms. The molecule has 1 aliphatic rings. The Hall–Kier alpha value is -4.32. The van der Waals surface area contributed by atoms with Crippen molar-refractivity contribution in [3.63, 3.8) is 0 Å². The van der Waals surface area contributed by atoms with Crippen molar-refractivity contribution in [3.05, 3.63) is 115 Å². The Morgan fingerprint density at radius 2 is 1.51 bits per heavy atom. The molecule has 4 aromatic rings. The molecule has 6 heteroatoms. The summed E-state index contributed by atoms with van der Waals surface area (Å²) >= 11 is 0. The molecule has 39 heavy (non-hydrogen) atoms. The highest BCUT2D eigenvalue weighted by Crippen LogP contribution is 2.26. The van der Waals surface area contributed by atoms with Crippen LogP contribution < -0.4 is 14.5 Å². The topological polar surface area (TPSA) is 36.0 Å². The van der Waals surface area contributed by atoms with Gasteiger partial charge in [0.15, 0.2) is 0 Å². The van der Waals surface area contributed by atoms with E-state index < -0.39 is 0 Å². The summed E-state index contributed by atoms with van der Waals surface area (Å²) in [6.45, 7) is 4.18. The van der Waals surface area contributed by atoms with Gasteiger partial charge in [0.1, 0.15) is 11.6 Å². The number of amides is 1. The molecule has 4 aromatic carbocycles. The monoisotopic (exact) mass is 523 g/mol. The minimum Gasteiger partial charge on any atom is -0.497 e. The SMILES string of the molecule is COc1ccc(N2CCN(C(=O)CCN(Cc3ccc(F)cc3)c3cccc(-c4ccccc4)c3)CC2)cc1. The van der Waals surface area contributed by atoms with Crippen molar-refractivity contribution in [1.29, 1.82) is 0 Å². The lowest BCUT2D eigenvalue weighted by Crippen LogP contribution is -2.49. The van der Waals surface area contributed by atoms with Crippen LogP contribution in [0, 0.1) is 5.82 Å². The van der Waals surface area contributed by atoms with E-state index in [-0.39, 0.29) is 11.7 Å². The zero-order chi connectivity index (χ0) is 27.0. The number of hydrogen-bond donors (Lipinski definition) is 0. The number of piperazine rings is 1. The summed E-state index contributed by atoms with van der Waals surface area (Å²) in [5.41, 5.74) is 5.46. The number of carbonyl (C=O) groups excluding carboxylic acids is 1. The molecule has 5 rings (SSSR count). The molecular formula is C33H34FN3O2. The van der Waals surface area contributed by atoms with Gasteiger partial charge in [-0.3, -0.25) is 4.79 Å². The Kier molecular flexibility index (Phi) is 8.42. The van der Waals surface area contributed by atoms with E-state index in [2.05, 4.69) is 58.3 Å². The van der Waals surface area contributed by atoms with Gasteiger partial charge in [0.2, 0.25) is 5.91 Å². The maximum absolute atomic E-state index is 13.5. The van der Waals surface area contributed by atoms with Gasteiger partial charge in [-0.25, -0.2) is 4.39 Å². The number of anilines is 2. The number of halogens is 1. The van der Waals surface area contributed by atoms with Crippen molar-refractivity contribution >= 4 is 17.3 Å². The van der Waals surface area contributed by atoms with Gasteiger partial charge in [0.05, 0.1) is 7.11 Å². The molecule has 200 valence electrons. The number of hydrogen-bond acceptors (Lipinski definition) is 4. The fourth-order valence-electron chi connectivity index (χ4n) is 5.02. The Bertz CT molecular complexity index is 1350. The predicted octanol–water partition coefficient (Wildman–Crippen LogP) is 6.25. The second-order valence-electron chi connectivity index (χ2n) is 9.78. The number of nitrogens with zero attached hydrogens (tertiary/aromatic N) is 3. The van der Waals surface area contributed by atoms with Gasteiger partial charge in [-0.15, -0.1) is 0 Å². The van der Waals surface area contributed by atoms with Crippen molar-refractivity contribution in [2.75, 3.05) is 49.6 Å². The highest BCUT2D eigenvalue weighted by Gasteiger charge is 2.22. The molecular weight excluding hydrogens is 489 g/mol. The van der Waals surface area contributed by atoms with Gasteiger partial charge < -0.3 is 19.4 Å². The average Bonchev–Trinajstić information content (AvgIpc) is 3.00. The van der Waals surface area contributed by atoms with E-state index in [1.54, 1.807) is 7.11 Å². The molecule has 0 unspecified atom stereocenters. The molecule has 0 saturated carbocycles. The normalized spacial score (nSPS) is 13.3. The second kappa shape index (κ2) is 12.5. The van der Waals surface area contributed by atoms with E-state index in [4.69, 9.17) is 4.74 Å². The van der Waals surface area contributed by atoms with E-state index in [0.29, 0.717) is 32.6 Å². The van der Waals surface area contributed by atoms with Gasteiger partial charge in [-0.05, 0) is 65.2 Å². The van der Waals surface area contributed by atoms with Crippen LogP contribution in [0.2, 0.25) is 0 Å². The fourth-order valence-corrected chi connectivity index (χ4v) is 5.02. The van der Waals surface area contributed by atoms with Crippen molar-refractivity contribution in [1.82, 2.24) is 4.90 Å². The van der Waals surface area contributed by atoms with Crippen molar-refractivity contribution < 1.29 is 13.9 Å². The zero-order valence-corrected chi connectivity index (χ0v) is 22.3. The first-order chi connectivity index (χ1) is 19.1. The lowest BCUT2D eigenvalue weighted by atomic mass is 10.0. The molecule has 1 aliphatic heterocycles. The molecule has 0 bridgehead atoms. The smallest absolute Gasteiger partial charge is 0.224 e. The van der Waals surface area contributed by atoms with Crippen LogP contribution >= 0.6 is 0 Å². The first kappa shape index (κ1) is 26.3. The summed E-state index contributed by atoms with van der Waals surface area (Å²) in [5.74, 6) is 0.750. The lowest BCUT2D eigenvalue weighted by Gasteiger charge is -2.36. The number of rotatable bonds is 9. The Morgan fingerprint density at radius 3 is 2.21 bits per heavy atom. The van der Waals surface area contributed by atoms with Crippen LogP contribution in [0.1, 0.15) is 12.0 Å². The Balaban J connectivity index is 1.25. The quantitative estimate of drug-likeness (QED) is 0.260. The van der Waals surface area contributed by atoms with Crippen LogP contribution in [0.25, 0.3) is 11.1 Å². The van der Waals surface area contributed by atoms with Crippen LogP contribution in [0.15, 0.2) is 103 Å². The van der Waals surface area contributed by atoms with Gasteiger partial charge >= 0.3 is 0 Å². The lowest BCUT2D eigenvalue weighted by molar-refractivity contribution is -0.131. The van der Waals surface area contributed by atoms with E-state index in [1.165, 1.54) is 12.1 Å². The number of methoxy groups -OCH3 is 1. The van der Waals surface area contributed by atoms with Gasteiger partial charge in [-0.2, -0.15) is 0 Å². The number of ether oxygens (including phenoxy) is 1. The van der Waals surface area contributed by atoms with Gasteiger partial charge in [0, 0.05) is 57.1 Å². The van der Waals surface area contributed by atoms with Crippen molar-refractivity contribution in [2.45, 2.75) is 13.0 Å². The second-order valence-corrected chi connectivity index (χ2v) is 9.78. The largest absolute Gasteiger partial charge is 0.497 e. The number of carbonyl (C=O) groups is 1. The standard InChI is InChI=1S/C33H34FN3O2/c1-39-32-16-14-30(15-17-32)35-20-22-36(23-21-35)33(38)18-19-37(25-26-10-12-29(34)13-11-26)31-9-5-8-28(24-31)27-6-3-2-4-7-27/h2-17,24H,18-23,25H2,1H3. The molecule has 1 fully saturated rings. The molecule has 1 heterocycles. The van der Waals surface area contributed by atoms with Crippen LogP contribution in [-0.2, 0) is 11.3 Å². The molecule has 0 atom stereocenters. The van der Waals surface area contributed by atoms with E-state index in [9.17, 15) is 9.18 Å². The van der Waals surface area contributed by atoms with Crippen molar-refractivity contribution in [2.24, 2.45) is 0 Å². The summed E-state index contributed by atoms with van der Waals surface area (Å²) in [6.07, 6.45) is 0.416. The zero-order valence-electron chi connectivity index (χ0n) is 22.3. The Morgan fingerprint density at radius 1 is 0.821 bits per heavy atom. The van der Waals surface area contributed by atoms with Gasteiger partial charge in [-0.1, -0.05) is 54.6 Å². The third-order valence-electron chi connectivity index (χ3n) is 7.27. The highest BCUT2D eigenvalue weighted by atomic mass is 19.1. The molecule has 0 radical (unpaired) electrons. The van der Waals surface area contributed by atoms with Crippen LogP contribution in [0.5, 0.6) is 5.75 Å². The Labute approximate surface area is 230 Å². The first-order valence-electron chi connectivity index (χ1n) is 13.4. The molecule has 0 N–H and O–H groups in total. The van der Waals surface area contributed by atoms with E-state index in [0.717, 1.165) is 46.9 Å². The average molecular weight is 524 g/mol. The maximum atomic E-state index is 13.5. The minimum atomic E-state index is -0.250. The molecule has 5 nitrogen and oxygen atoms in total. The summed E-state index contributed by atoms with van der Waals surface area (Å²) < 4.78 is 18.8. The minimum absolute atomic E-state index is 0.160. The first-order valence-corrected chi connectivity index (χ1v) is 13.4. The maximum Gasteiger partial charge on any atom is 0.224 e. The van der Waals surface area contributed by atoms with E-state index in [1.807, 2.05) is 47.4 Å². The molecule has 0 aromatic heterocycles. The fraction of sp³-hybridized carbons (Fsp3) is 0.242. The summed E-state index contributed by atoms with van der Waals surface area (Å²) in [5, 5.41) is 0. The van der Waals surface area contributed by atoms with Crippen LogP contribution in [0.4, 0.5) is 15.8 Å².